The summed E-state index contributed by atoms with van der Waals surface area (Å²) in [6.07, 6.45) is 2.15. The van der Waals surface area contributed by atoms with Crippen molar-refractivity contribution in [2.45, 2.75) is 32.7 Å². The minimum Gasteiger partial charge on any atom is -0.408 e. The van der Waals surface area contributed by atoms with Crippen molar-refractivity contribution in [1.29, 1.82) is 5.26 Å². The third-order valence-corrected chi connectivity index (χ3v) is 2.74. The fourth-order valence-electron chi connectivity index (χ4n) is 1.86. The quantitative estimate of drug-likeness (QED) is 0.758. The molecular weight excluding hydrogens is 216 g/mol. The summed E-state index contributed by atoms with van der Waals surface area (Å²) >= 11 is 0. The van der Waals surface area contributed by atoms with E-state index in [0.29, 0.717) is 18.5 Å². The predicted molar refractivity (Wildman–Crippen MR) is 64.7 cm³/mol. The molecule has 88 valence electrons. The van der Waals surface area contributed by atoms with Crippen LogP contribution in [0.15, 0.2) is 27.4 Å². The van der Waals surface area contributed by atoms with E-state index in [1.54, 1.807) is 4.57 Å². The van der Waals surface area contributed by atoms with Crippen LogP contribution in [0.1, 0.15) is 24.8 Å². The zero-order valence-corrected chi connectivity index (χ0v) is 9.77. The van der Waals surface area contributed by atoms with Gasteiger partial charge in [-0.2, -0.15) is 5.26 Å². The summed E-state index contributed by atoms with van der Waals surface area (Å²) in [5.74, 6) is -0.317. The minimum absolute atomic E-state index is 0.317. The Balaban J connectivity index is 2.27. The van der Waals surface area contributed by atoms with Crippen LogP contribution in [-0.4, -0.2) is 4.57 Å². The highest BCUT2D eigenvalue weighted by atomic mass is 16.4. The Labute approximate surface area is 99.1 Å². The van der Waals surface area contributed by atoms with Crippen LogP contribution in [0, 0.1) is 18.3 Å². The number of fused-ring (bicyclic) bond motifs is 1. The highest BCUT2D eigenvalue weighted by Crippen LogP contribution is 2.15. The summed E-state index contributed by atoms with van der Waals surface area (Å²) in [7, 11) is 0. The first-order valence-corrected chi connectivity index (χ1v) is 5.69. The first kappa shape index (κ1) is 11.5. The maximum Gasteiger partial charge on any atom is 0.419 e. The lowest BCUT2D eigenvalue weighted by Crippen LogP contribution is -2.14. The Morgan fingerprint density at radius 2 is 2.24 bits per heavy atom. The molecule has 4 heteroatoms. The van der Waals surface area contributed by atoms with Gasteiger partial charge in [0.15, 0.2) is 5.58 Å². The lowest BCUT2D eigenvalue weighted by Gasteiger charge is -2.00. The maximum absolute atomic E-state index is 11.6. The van der Waals surface area contributed by atoms with Gasteiger partial charge in [0.1, 0.15) is 0 Å². The summed E-state index contributed by atoms with van der Waals surface area (Å²) in [5, 5.41) is 8.45. The molecule has 0 atom stereocenters. The zero-order valence-electron chi connectivity index (χ0n) is 9.77. The SMILES string of the molecule is Cc1ccc2oc(=O)n(CCCCC#N)c2c1. The van der Waals surface area contributed by atoms with E-state index in [4.69, 9.17) is 9.68 Å². The van der Waals surface area contributed by atoms with Gasteiger partial charge >= 0.3 is 5.76 Å². The number of rotatable bonds is 4. The van der Waals surface area contributed by atoms with E-state index in [1.807, 2.05) is 25.1 Å². The molecule has 0 aliphatic heterocycles. The second-order valence-corrected chi connectivity index (χ2v) is 4.11. The van der Waals surface area contributed by atoms with Gasteiger partial charge in [-0.1, -0.05) is 6.07 Å². The molecule has 0 spiro atoms. The van der Waals surface area contributed by atoms with Crippen molar-refractivity contribution in [2.24, 2.45) is 0 Å². The van der Waals surface area contributed by atoms with Crippen molar-refractivity contribution >= 4 is 11.1 Å². The van der Waals surface area contributed by atoms with E-state index in [-0.39, 0.29) is 5.76 Å². The Hall–Kier alpha value is -2.02. The number of aryl methyl sites for hydroxylation is 2. The van der Waals surface area contributed by atoms with Crippen LogP contribution >= 0.6 is 0 Å². The van der Waals surface area contributed by atoms with Crippen LogP contribution < -0.4 is 5.76 Å². The summed E-state index contributed by atoms with van der Waals surface area (Å²) in [6.45, 7) is 2.59. The molecule has 1 heterocycles. The lowest BCUT2D eigenvalue weighted by atomic mass is 10.2. The number of nitrogens with zero attached hydrogens (tertiary/aromatic N) is 2. The zero-order chi connectivity index (χ0) is 12.3. The van der Waals surface area contributed by atoms with Crippen LogP contribution in [0.4, 0.5) is 0 Å². The number of oxazole rings is 1. The summed E-state index contributed by atoms with van der Waals surface area (Å²) < 4.78 is 6.79. The summed E-state index contributed by atoms with van der Waals surface area (Å²) in [4.78, 5) is 11.6. The molecule has 2 aromatic rings. The normalized spacial score (nSPS) is 10.6. The molecule has 0 saturated heterocycles. The van der Waals surface area contributed by atoms with Gasteiger partial charge in [0.05, 0.1) is 11.6 Å². The number of benzene rings is 1. The molecule has 0 aliphatic carbocycles. The van der Waals surface area contributed by atoms with Gasteiger partial charge in [-0.05, 0) is 37.5 Å². The Morgan fingerprint density at radius 3 is 3.00 bits per heavy atom. The largest absolute Gasteiger partial charge is 0.419 e. The predicted octanol–water partition coefficient (Wildman–Crippen LogP) is 2.60. The molecule has 0 saturated carbocycles. The summed E-state index contributed by atoms with van der Waals surface area (Å²) in [5.41, 5.74) is 2.57. The van der Waals surface area contributed by atoms with Crippen LogP contribution in [0.5, 0.6) is 0 Å². The second-order valence-electron chi connectivity index (χ2n) is 4.11. The maximum atomic E-state index is 11.6. The van der Waals surface area contributed by atoms with E-state index in [9.17, 15) is 4.79 Å². The van der Waals surface area contributed by atoms with Crippen molar-refractivity contribution in [3.63, 3.8) is 0 Å². The van der Waals surface area contributed by atoms with E-state index in [0.717, 1.165) is 23.9 Å². The van der Waals surface area contributed by atoms with Crippen molar-refractivity contribution in [2.75, 3.05) is 0 Å². The van der Waals surface area contributed by atoms with Crippen molar-refractivity contribution in [1.82, 2.24) is 4.57 Å². The average Bonchev–Trinajstić information content (AvgIpc) is 2.61. The first-order valence-electron chi connectivity index (χ1n) is 5.69. The van der Waals surface area contributed by atoms with Gasteiger partial charge in [-0.3, -0.25) is 4.57 Å². The molecule has 0 N–H and O–H groups in total. The molecular formula is C13H14N2O2. The van der Waals surface area contributed by atoms with E-state index >= 15 is 0 Å². The fourth-order valence-corrected chi connectivity index (χ4v) is 1.86. The van der Waals surface area contributed by atoms with Gasteiger partial charge in [0, 0.05) is 13.0 Å². The molecule has 17 heavy (non-hydrogen) atoms. The topological polar surface area (TPSA) is 58.9 Å². The van der Waals surface area contributed by atoms with Crippen molar-refractivity contribution in [3.05, 3.63) is 34.3 Å². The number of nitriles is 1. The minimum atomic E-state index is -0.317. The number of hydrogen-bond donors (Lipinski definition) is 0. The molecule has 4 nitrogen and oxygen atoms in total. The van der Waals surface area contributed by atoms with Crippen LogP contribution in [-0.2, 0) is 6.54 Å². The number of hydrogen-bond acceptors (Lipinski definition) is 3. The highest BCUT2D eigenvalue weighted by Gasteiger charge is 2.08. The monoisotopic (exact) mass is 230 g/mol. The molecule has 0 fully saturated rings. The first-order chi connectivity index (χ1) is 8.22. The van der Waals surface area contributed by atoms with Crippen LogP contribution in [0.2, 0.25) is 0 Å². The third-order valence-electron chi connectivity index (χ3n) is 2.74. The molecule has 0 unspecified atom stereocenters. The number of aromatic nitrogens is 1. The second kappa shape index (κ2) is 4.88. The highest BCUT2D eigenvalue weighted by molar-refractivity contribution is 5.73. The fraction of sp³-hybridized carbons (Fsp3) is 0.385. The van der Waals surface area contributed by atoms with Gasteiger partial charge in [0.2, 0.25) is 0 Å². The standard InChI is InChI=1S/C13H14N2O2/c1-10-5-6-12-11(9-10)15(13(16)17-12)8-4-2-3-7-14/h5-6,9H,2-4,8H2,1H3. The molecule has 0 aliphatic rings. The molecule has 0 radical (unpaired) electrons. The van der Waals surface area contributed by atoms with E-state index in [1.165, 1.54) is 0 Å². The van der Waals surface area contributed by atoms with Crippen molar-refractivity contribution < 1.29 is 4.42 Å². The Bertz CT molecular complexity index is 616. The van der Waals surface area contributed by atoms with Gasteiger partial charge in [0.25, 0.3) is 0 Å². The molecule has 1 aromatic heterocycles. The summed E-state index contributed by atoms with van der Waals surface area (Å²) in [6, 6.07) is 7.79. The molecule has 0 bridgehead atoms. The number of unbranched alkanes of at least 4 members (excludes halogenated alkanes) is 2. The van der Waals surface area contributed by atoms with Crippen LogP contribution in [0.3, 0.4) is 0 Å². The molecule has 2 rings (SSSR count). The lowest BCUT2D eigenvalue weighted by molar-refractivity contribution is 0.493. The van der Waals surface area contributed by atoms with E-state index < -0.39 is 0 Å². The Morgan fingerprint density at radius 1 is 1.41 bits per heavy atom. The van der Waals surface area contributed by atoms with E-state index in [2.05, 4.69) is 6.07 Å². The molecule has 0 amide bonds. The van der Waals surface area contributed by atoms with Crippen LogP contribution in [0.25, 0.3) is 11.1 Å². The van der Waals surface area contributed by atoms with Crippen molar-refractivity contribution in [3.8, 4) is 6.07 Å². The molecule has 1 aromatic carbocycles. The third kappa shape index (κ3) is 2.39. The Kier molecular flexibility index (Phi) is 3.29. The average molecular weight is 230 g/mol. The van der Waals surface area contributed by atoms with Gasteiger partial charge < -0.3 is 4.42 Å². The van der Waals surface area contributed by atoms with Gasteiger partial charge in [-0.15, -0.1) is 0 Å². The smallest absolute Gasteiger partial charge is 0.408 e. The van der Waals surface area contributed by atoms with Gasteiger partial charge in [-0.25, -0.2) is 4.79 Å².